The second-order valence-corrected chi connectivity index (χ2v) is 5.93. The predicted molar refractivity (Wildman–Crippen MR) is 70.4 cm³/mol. The normalized spacial score (nSPS) is 32.8. The molecule has 1 aliphatic heterocycles. The molecule has 0 bridgehead atoms. The minimum Gasteiger partial charge on any atom is -0.393 e. The van der Waals surface area contributed by atoms with Gasteiger partial charge in [-0.3, -0.25) is 4.90 Å². The van der Waals surface area contributed by atoms with Crippen molar-refractivity contribution in [3.63, 3.8) is 0 Å². The maximum atomic E-state index is 10.2. The fourth-order valence-corrected chi connectivity index (χ4v) is 3.70. The van der Waals surface area contributed by atoms with Gasteiger partial charge < -0.3 is 9.63 Å². The van der Waals surface area contributed by atoms with Crippen LogP contribution in [0.3, 0.4) is 0 Å². The summed E-state index contributed by atoms with van der Waals surface area (Å²) in [5.41, 5.74) is 0. The van der Waals surface area contributed by atoms with Crippen molar-refractivity contribution in [1.82, 2.24) is 15.0 Å². The molecule has 106 valence electrons. The highest BCUT2D eigenvalue weighted by Crippen LogP contribution is 2.35. The van der Waals surface area contributed by atoms with Crippen molar-refractivity contribution in [2.24, 2.45) is 5.92 Å². The van der Waals surface area contributed by atoms with Crippen LogP contribution < -0.4 is 0 Å². The molecule has 2 heterocycles. The van der Waals surface area contributed by atoms with Gasteiger partial charge in [0.1, 0.15) is 0 Å². The smallest absolute Gasteiger partial charge is 0.240 e. The molecule has 1 saturated heterocycles. The Hall–Kier alpha value is -0.940. The molecule has 3 unspecified atom stereocenters. The predicted octanol–water partition coefficient (Wildman–Crippen LogP) is 1.89. The molecule has 5 nitrogen and oxygen atoms in total. The minimum absolute atomic E-state index is 0.122. The lowest BCUT2D eigenvalue weighted by Crippen LogP contribution is -2.42. The maximum absolute atomic E-state index is 10.2. The molecule has 1 saturated carbocycles. The molecule has 19 heavy (non-hydrogen) atoms. The van der Waals surface area contributed by atoms with Crippen LogP contribution in [0.1, 0.15) is 50.2 Å². The Labute approximate surface area is 114 Å². The summed E-state index contributed by atoms with van der Waals surface area (Å²) in [6.45, 7) is 3.66. The molecule has 0 amide bonds. The monoisotopic (exact) mass is 265 g/mol. The van der Waals surface area contributed by atoms with Crippen LogP contribution in [0.5, 0.6) is 0 Å². The molecule has 5 heteroatoms. The van der Waals surface area contributed by atoms with Gasteiger partial charge in [-0.05, 0) is 39.2 Å². The number of hydrogen-bond donors (Lipinski definition) is 1. The zero-order valence-corrected chi connectivity index (χ0v) is 11.6. The van der Waals surface area contributed by atoms with Crippen LogP contribution in [0, 0.1) is 12.8 Å². The number of hydrogen-bond acceptors (Lipinski definition) is 5. The van der Waals surface area contributed by atoms with Crippen molar-refractivity contribution in [3.8, 4) is 0 Å². The highest BCUT2D eigenvalue weighted by molar-refractivity contribution is 4.93. The third-order valence-electron chi connectivity index (χ3n) is 4.60. The van der Waals surface area contributed by atoms with Gasteiger partial charge in [-0.2, -0.15) is 4.98 Å². The molecule has 1 N–H and O–H groups in total. The number of likely N-dealkylation sites (tertiary alicyclic amines) is 1. The fourth-order valence-electron chi connectivity index (χ4n) is 3.70. The molecule has 2 aliphatic rings. The largest absolute Gasteiger partial charge is 0.393 e. The van der Waals surface area contributed by atoms with E-state index in [2.05, 4.69) is 15.0 Å². The molecule has 0 spiro atoms. The number of aliphatic hydroxyl groups excluding tert-OH is 1. The van der Waals surface area contributed by atoms with Gasteiger partial charge >= 0.3 is 0 Å². The average molecular weight is 265 g/mol. The van der Waals surface area contributed by atoms with Crippen LogP contribution in [-0.2, 0) is 6.54 Å². The van der Waals surface area contributed by atoms with Crippen LogP contribution in [0.25, 0.3) is 0 Å². The Balaban J connectivity index is 1.67. The molecule has 1 aliphatic carbocycles. The standard InChI is InChI=1S/C14H23N3O2/c1-10-15-14(19-16-10)9-17-8-4-6-12(17)11-5-2-3-7-13(11)18/h11-13,18H,2-9H2,1H3. The van der Waals surface area contributed by atoms with Gasteiger partial charge in [-0.1, -0.05) is 18.0 Å². The molecule has 0 aromatic carbocycles. The molecule has 0 radical (unpaired) electrons. The van der Waals surface area contributed by atoms with Crippen LogP contribution >= 0.6 is 0 Å². The lowest BCUT2D eigenvalue weighted by Gasteiger charge is -2.36. The molecular formula is C14H23N3O2. The molecule has 3 atom stereocenters. The lowest BCUT2D eigenvalue weighted by atomic mass is 9.80. The van der Waals surface area contributed by atoms with Gasteiger partial charge in [0.25, 0.3) is 0 Å². The Morgan fingerprint density at radius 3 is 2.84 bits per heavy atom. The summed E-state index contributed by atoms with van der Waals surface area (Å²) in [7, 11) is 0. The van der Waals surface area contributed by atoms with Gasteiger partial charge in [0.2, 0.25) is 5.89 Å². The van der Waals surface area contributed by atoms with E-state index in [-0.39, 0.29) is 6.10 Å². The first-order valence-electron chi connectivity index (χ1n) is 7.45. The summed E-state index contributed by atoms with van der Waals surface area (Å²) in [5, 5.41) is 14.1. The molecule has 3 rings (SSSR count). The van der Waals surface area contributed by atoms with E-state index in [1.165, 1.54) is 25.7 Å². The molecule has 2 fully saturated rings. The van der Waals surface area contributed by atoms with Crippen molar-refractivity contribution >= 4 is 0 Å². The Kier molecular flexibility index (Phi) is 3.84. The van der Waals surface area contributed by atoms with Crippen LogP contribution in [0.15, 0.2) is 4.52 Å². The van der Waals surface area contributed by atoms with E-state index in [4.69, 9.17) is 4.52 Å². The summed E-state index contributed by atoms with van der Waals surface area (Å²) in [6, 6.07) is 0.488. The van der Waals surface area contributed by atoms with Crippen molar-refractivity contribution in [1.29, 1.82) is 0 Å². The maximum Gasteiger partial charge on any atom is 0.240 e. The van der Waals surface area contributed by atoms with E-state index in [1.807, 2.05) is 6.92 Å². The summed E-state index contributed by atoms with van der Waals surface area (Å²) < 4.78 is 5.22. The summed E-state index contributed by atoms with van der Waals surface area (Å²) in [5.74, 6) is 1.83. The summed E-state index contributed by atoms with van der Waals surface area (Å²) in [6.07, 6.45) is 6.83. The second kappa shape index (κ2) is 5.59. The van der Waals surface area contributed by atoms with Gasteiger partial charge in [-0.25, -0.2) is 0 Å². The van der Waals surface area contributed by atoms with Gasteiger partial charge in [0, 0.05) is 12.0 Å². The van der Waals surface area contributed by atoms with Crippen LogP contribution in [0.2, 0.25) is 0 Å². The topological polar surface area (TPSA) is 62.4 Å². The minimum atomic E-state index is -0.122. The molecule has 1 aromatic heterocycles. The SMILES string of the molecule is Cc1noc(CN2CCCC2C2CCCCC2O)n1. The number of aryl methyl sites for hydroxylation is 1. The average Bonchev–Trinajstić information content (AvgIpc) is 3.00. The third kappa shape index (κ3) is 2.82. The number of rotatable bonds is 3. The first kappa shape index (κ1) is 13.1. The molecular weight excluding hydrogens is 242 g/mol. The zero-order chi connectivity index (χ0) is 13.2. The quantitative estimate of drug-likeness (QED) is 0.904. The first-order valence-corrected chi connectivity index (χ1v) is 7.45. The first-order chi connectivity index (χ1) is 9.24. The summed E-state index contributed by atoms with van der Waals surface area (Å²) in [4.78, 5) is 6.71. The van der Waals surface area contributed by atoms with E-state index in [0.29, 0.717) is 23.7 Å². The van der Waals surface area contributed by atoms with E-state index < -0.39 is 0 Å². The summed E-state index contributed by atoms with van der Waals surface area (Å²) >= 11 is 0. The number of nitrogens with zero attached hydrogens (tertiary/aromatic N) is 3. The van der Waals surface area contributed by atoms with E-state index in [1.54, 1.807) is 0 Å². The third-order valence-corrected chi connectivity index (χ3v) is 4.60. The van der Waals surface area contributed by atoms with Crippen molar-refractivity contribution in [2.75, 3.05) is 6.54 Å². The van der Waals surface area contributed by atoms with E-state index in [0.717, 1.165) is 25.9 Å². The highest BCUT2D eigenvalue weighted by Gasteiger charge is 2.37. The second-order valence-electron chi connectivity index (χ2n) is 5.93. The Morgan fingerprint density at radius 2 is 2.11 bits per heavy atom. The van der Waals surface area contributed by atoms with E-state index in [9.17, 15) is 5.11 Å². The number of aromatic nitrogens is 2. The lowest BCUT2D eigenvalue weighted by molar-refractivity contribution is 0.0178. The molecule has 1 aromatic rings. The van der Waals surface area contributed by atoms with E-state index >= 15 is 0 Å². The zero-order valence-electron chi connectivity index (χ0n) is 11.6. The van der Waals surface area contributed by atoms with Crippen molar-refractivity contribution in [3.05, 3.63) is 11.7 Å². The highest BCUT2D eigenvalue weighted by atomic mass is 16.5. The van der Waals surface area contributed by atoms with Gasteiger partial charge in [0.05, 0.1) is 12.6 Å². The van der Waals surface area contributed by atoms with Crippen LogP contribution in [-0.4, -0.2) is 38.8 Å². The number of aliphatic hydroxyl groups is 1. The van der Waals surface area contributed by atoms with Crippen molar-refractivity contribution < 1.29 is 9.63 Å². The van der Waals surface area contributed by atoms with Crippen LogP contribution in [0.4, 0.5) is 0 Å². The van der Waals surface area contributed by atoms with Gasteiger partial charge in [0.15, 0.2) is 5.82 Å². The Bertz CT molecular complexity index is 421. The Morgan fingerprint density at radius 1 is 1.26 bits per heavy atom. The fraction of sp³-hybridized carbons (Fsp3) is 0.857. The van der Waals surface area contributed by atoms with Gasteiger partial charge in [-0.15, -0.1) is 0 Å². The van der Waals surface area contributed by atoms with Crippen molar-refractivity contribution in [2.45, 2.75) is 64.1 Å².